The molecule has 1 fully saturated rings. The smallest absolute Gasteiger partial charge is 0.317 e. The summed E-state index contributed by atoms with van der Waals surface area (Å²) < 4.78 is 0. The molecule has 2 heterocycles. The van der Waals surface area contributed by atoms with Crippen LogP contribution in [0, 0.1) is 0 Å². The standard InChI is InChI=1S/C19H22N2OS/c22-19(21-11-4-9-18(21)15-10-12-23-13-15)20-17-8-3-6-14-5-1-2-7-16(14)17/h3,6,8,10,12-13,18H,1-2,4-5,7,9,11H2,(H,20,22)/t18-/m1/s1. The van der Waals surface area contributed by atoms with E-state index in [1.807, 2.05) is 4.90 Å². The van der Waals surface area contributed by atoms with Gasteiger partial charge in [0.15, 0.2) is 0 Å². The zero-order valence-electron chi connectivity index (χ0n) is 13.3. The highest BCUT2D eigenvalue weighted by molar-refractivity contribution is 7.08. The van der Waals surface area contributed by atoms with Crippen molar-refractivity contribution in [3.8, 4) is 0 Å². The van der Waals surface area contributed by atoms with Crippen molar-refractivity contribution in [3.05, 3.63) is 51.7 Å². The number of anilines is 1. The maximum absolute atomic E-state index is 12.8. The number of carbonyl (C=O) groups excluding carboxylic acids is 1. The van der Waals surface area contributed by atoms with Crippen LogP contribution in [0.1, 0.15) is 48.4 Å². The second kappa shape index (κ2) is 6.36. The largest absolute Gasteiger partial charge is 0.322 e. The summed E-state index contributed by atoms with van der Waals surface area (Å²) in [7, 11) is 0. The molecule has 0 radical (unpaired) electrons. The molecule has 1 aromatic heterocycles. The lowest BCUT2D eigenvalue weighted by atomic mass is 9.90. The van der Waals surface area contributed by atoms with E-state index in [0.717, 1.165) is 37.9 Å². The second-order valence-corrected chi connectivity index (χ2v) is 7.27. The van der Waals surface area contributed by atoms with E-state index in [1.165, 1.54) is 29.5 Å². The van der Waals surface area contributed by atoms with Gasteiger partial charge in [-0.3, -0.25) is 0 Å². The summed E-state index contributed by atoms with van der Waals surface area (Å²) in [4.78, 5) is 14.8. The minimum Gasteiger partial charge on any atom is -0.317 e. The fraction of sp³-hybridized carbons (Fsp3) is 0.421. The van der Waals surface area contributed by atoms with Crippen molar-refractivity contribution in [2.45, 2.75) is 44.6 Å². The molecule has 0 spiro atoms. The fourth-order valence-corrected chi connectivity index (χ4v) is 4.61. The summed E-state index contributed by atoms with van der Waals surface area (Å²) in [5.74, 6) is 0. The van der Waals surface area contributed by atoms with Crippen molar-refractivity contribution in [2.24, 2.45) is 0 Å². The third kappa shape index (κ3) is 2.88. The molecular formula is C19H22N2OS. The molecule has 1 aliphatic heterocycles. The van der Waals surface area contributed by atoms with Gasteiger partial charge in [0.1, 0.15) is 0 Å². The number of likely N-dealkylation sites (tertiary alicyclic amines) is 1. The van der Waals surface area contributed by atoms with E-state index >= 15 is 0 Å². The van der Waals surface area contributed by atoms with Gasteiger partial charge in [-0.15, -0.1) is 0 Å². The minimum atomic E-state index is 0.0534. The zero-order chi connectivity index (χ0) is 15.6. The second-order valence-electron chi connectivity index (χ2n) is 6.49. The number of rotatable bonds is 2. The van der Waals surface area contributed by atoms with Crippen LogP contribution in [-0.4, -0.2) is 17.5 Å². The average molecular weight is 326 g/mol. The van der Waals surface area contributed by atoms with Crippen molar-refractivity contribution >= 4 is 23.1 Å². The van der Waals surface area contributed by atoms with Crippen molar-refractivity contribution < 1.29 is 4.79 Å². The van der Waals surface area contributed by atoms with Gasteiger partial charge in [-0.05, 0) is 78.1 Å². The molecule has 1 N–H and O–H groups in total. The number of benzene rings is 1. The zero-order valence-corrected chi connectivity index (χ0v) is 14.1. The van der Waals surface area contributed by atoms with Gasteiger partial charge in [0.05, 0.1) is 6.04 Å². The number of aryl methyl sites for hydroxylation is 1. The van der Waals surface area contributed by atoms with E-state index in [1.54, 1.807) is 11.3 Å². The molecule has 3 nitrogen and oxygen atoms in total. The lowest BCUT2D eigenvalue weighted by Crippen LogP contribution is -2.34. The number of amides is 2. The highest BCUT2D eigenvalue weighted by Gasteiger charge is 2.30. The molecule has 4 rings (SSSR count). The van der Waals surface area contributed by atoms with E-state index in [2.05, 4.69) is 40.3 Å². The molecule has 1 atom stereocenters. The summed E-state index contributed by atoms with van der Waals surface area (Å²) >= 11 is 1.70. The molecule has 4 heteroatoms. The molecule has 2 amide bonds. The van der Waals surface area contributed by atoms with Crippen LogP contribution in [0.4, 0.5) is 10.5 Å². The highest BCUT2D eigenvalue weighted by atomic mass is 32.1. The maximum atomic E-state index is 12.8. The minimum absolute atomic E-state index is 0.0534. The van der Waals surface area contributed by atoms with Crippen LogP contribution in [0.3, 0.4) is 0 Å². The number of fused-ring (bicyclic) bond motifs is 1. The van der Waals surface area contributed by atoms with Crippen LogP contribution >= 0.6 is 11.3 Å². The number of nitrogens with zero attached hydrogens (tertiary/aromatic N) is 1. The molecule has 120 valence electrons. The summed E-state index contributed by atoms with van der Waals surface area (Å²) in [5.41, 5.74) is 5.05. The Morgan fingerprint density at radius 3 is 2.96 bits per heavy atom. The van der Waals surface area contributed by atoms with Gasteiger partial charge in [-0.1, -0.05) is 12.1 Å². The average Bonchev–Trinajstić information content (AvgIpc) is 3.26. The summed E-state index contributed by atoms with van der Waals surface area (Å²) in [6, 6.07) is 8.76. The summed E-state index contributed by atoms with van der Waals surface area (Å²) in [6.07, 6.45) is 6.86. The molecule has 1 aliphatic carbocycles. The Labute approximate surface area is 141 Å². The van der Waals surface area contributed by atoms with Gasteiger partial charge in [-0.25, -0.2) is 4.79 Å². The molecular weight excluding hydrogens is 304 g/mol. The quantitative estimate of drug-likeness (QED) is 0.828. The molecule has 0 bridgehead atoms. The number of urea groups is 1. The SMILES string of the molecule is O=C(Nc1cccc2c1CCCC2)N1CCC[C@@H]1c1ccsc1. The van der Waals surface area contributed by atoms with E-state index in [0.29, 0.717) is 0 Å². The van der Waals surface area contributed by atoms with Gasteiger partial charge in [-0.2, -0.15) is 11.3 Å². The van der Waals surface area contributed by atoms with Crippen molar-refractivity contribution in [2.75, 3.05) is 11.9 Å². The molecule has 2 aliphatic rings. The molecule has 23 heavy (non-hydrogen) atoms. The number of carbonyl (C=O) groups is 1. The van der Waals surface area contributed by atoms with Crippen molar-refractivity contribution in [3.63, 3.8) is 0 Å². The van der Waals surface area contributed by atoms with Gasteiger partial charge in [0.25, 0.3) is 0 Å². The molecule has 0 unspecified atom stereocenters. The summed E-state index contributed by atoms with van der Waals surface area (Å²) in [6.45, 7) is 0.849. The first-order valence-corrected chi connectivity index (χ1v) is 9.48. The van der Waals surface area contributed by atoms with Crippen LogP contribution in [0.25, 0.3) is 0 Å². The molecule has 2 aromatic rings. The lowest BCUT2D eigenvalue weighted by Gasteiger charge is -2.26. The first-order chi connectivity index (χ1) is 11.3. The summed E-state index contributed by atoms with van der Waals surface area (Å²) in [5, 5.41) is 7.46. The Hall–Kier alpha value is -1.81. The number of thiophene rings is 1. The molecule has 0 saturated carbocycles. The monoisotopic (exact) mass is 326 g/mol. The first kappa shape index (κ1) is 14.8. The Bertz CT molecular complexity index is 695. The van der Waals surface area contributed by atoms with E-state index in [-0.39, 0.29) is 12.1 Å². The van der Waals surface area contributed by atoms with Gasteiger partial charge < -0.3 is 10.2 Å². The van der Waals surface area contributed by atoms with Crippen LogP contribution in [0.5, 0.6) is 0 Å². The van der Waals surface area contributed by atoms with Gasteiger partial charge >= 0.3 is 6.03 Å². The number of hydrogen-bond donors (Lipinski definition) is 1. The van der Waals surface area contributed by atoms with Crippen molar-refractivity contribution in [1.29, 1.82) is 0 Å². The van der Waals surface area contributed by atoms with Crippen LogP contribution in [0.15, 0.2) is 35.0 Å². The van der Waals surface area contributed by atoms with Gasteiger partial charge in [0, 0.05) is 12.2 Å². The van der Waals surface area contributed by atoms with Crippen LogP contribution in [-0.2, 0) is 12.8 Å². The number of nitrogens with one attached hydrogen (secondary N) is 1. The van der Waals surface area contributed by atoms with Crippen molar-refractivity contribution in [1.82, 2.24) is 4.90 Å². The maximum Gasteiger partial charge on any atom is 0.322 e. The predicted octanol–water partition coefficient (Wildman–Crippen LogP) is 5.00. The third-order valence-electron chi connectivity index (χ3n) is 5.08. The van der Waals surface area contributed by atoms with E-state index in [4.69, 9.17) is 0 Å². The Kier molecular flexibility index (Phi) is 4.08. The molecule has 1 aromatic carbocycles. The lowest BCUT2D eigenvalue weighted by molar-refractivity contribution is 0.207. The van der Waals surface area contributed by atoms with Crippen LogP contribution < -0.4 is 5.32 Å². The Morgan fingerprint density at radius 1 is 1.17 bits per heavy atom. The van der Waals surface area contributed by atoms with Crippen LogP contribution in [0.2, 0.25) is 0 Å². The Balaban J connectivity index is 1.54. The topological polar surface area (TPSA) is 32.3 Å². The predicted molar refractivity (Wildman–Crippen MR) is 95.1 cm³/mol. The van der Waals surface area contributed by atoms with Gasteiger partial charge in [0.2, 0.25) is 0 Å². The van der Waals surface area contributed by atoms with E-state index < -0.39 is 0 Å². The highest BCUT2D eigenvalue weighted by Crippen LogP contribution is 2.34. The Morgan fingerprint density at radius 2 is 2.09 bits per heavy atom. The third-order valence-corrected chi connectivity index (χ3v) is 5.78. The normalized spacial score (nSPS) is 20.3. The molecule has 1 saturated heterocycles. The van der Waals surface area contributed by atoms with E-state index in [9.17, 15) is 4.79 Å². The fourth-order valence-electron chi connectivity index (χ4n) is 3.91. The first-order valence-electron chi connectivity index (χ1n) is 8.53. The number of hydrogen-bond acceptors (Lipinski definition) is 2.